The third-order valence-corrected chi connectivity index (χ3v) is 5.57. The smallest absolute Gasteiger partial charge is 0.319 e. The van der Waals surface area contributed by atoms with E-state index < -0.39 is 5.60 Å². The van der Waals surface area contributed by atoms with Crippen molar-refractivity contribution in [1.82, 2.24) is 14.9 Å². The van der Waals surface area contributed by atoms with Crippen molar-refractivity contribution in [2.75, 3.05) is 27.3 Å². The Morgan fingerprint density at radius 3 is 2.64 bits per heavy atom. The molecule has 1 fully saturated rings. The lowest BCUT2D eigenvalue weighted by atomic mass is 9.85. The maximum Gasteiger partial charge on any atom is 0.319 e. The molecule has 1 saturated heterocycles. The van der Waals surface area contributed by atoms with Crippen LogP contribution in [-0.4, -0.2) is 47.3 Å². The number of para-hydroxylation sites is 1. The molecule has 0 atom stereocenters. The summed E-state index contributed by atoms with van der Waals surface area (Å²) in [4.78, 5) is 10.7. The van der Waals surface area contributed by atoms with Gasteiger partial charge in [0.2, 0.25) is 5.88 Å². The number of aliphatic hydroxyl groups is 1. The number of fused-ring (bicyclic) bond motifs is 1. The topological polar surface area (TPSA) is 80.9 Å². The van der Waals surface area contributed by atoms with Gasteiger partial charge in [0.25, 0.3) is 0 Å². The summed E-state index contributed by atoms with van der Waals surface area (Å²) in [5.41, 5.74) is 1.73. The number of nitrogens with zero attached hydrogens (tertiary/aromatic N) is 3. The van der Waals surface area contributed by atoms with Gasteiger partial charge in [0, 0.05) is 36.8 Å². The van der Waals surface area contributed by atoms with Crippen LogP contribution in [0.1, 0.15) is 29.7 Å². The molecule has 0 aliphatic carbocycles. The van der Waals surface area contributed by atoms with Crippen molar-refractivity contribution in [3.63, 3.8) is 0 Å². The van der Waals surface area contributed by atoms with Crippen molar-refractivity contribution in [1.29, 1.82) is 0 Å². The van der Waals surface area contributed by atoms with Crippen LogP contribution in [0.3, 0.4) is 0 Å². The second-order valence-electron chi connectivity index (χ2n) is 7.22. The van der Waals surface area contributed by atoms with Crippen molar-refractivity contribution in [2.45, 2.75) is 31.9 Å². The lowest BCUT2D eigenvalue weighted by molar-refractivity contribution is -0.0300. The van der Waals surface area contributed by atoms with Gasteiger partial charge in [-0.25, -0.2) is 4.98 Å². The predicted octanol–water partition coefficient (Wildman–Crippen LogP) is 3.03. The fourth-order valence-corrected chi connectivity index (χ4v) is 3.92. The molecule has 2 aromatic heterocycles. The summed E-state index contributed by atoms with van der Waals surface area (Å²) in [7, 11) is 3.04. The standard InChI is InChI=1S/C21H25N3O4/c1-14-16(15-6-4-5-7-18(15)28-14)13-24-10-8-21(25,9-11-24)17-12-22-20(27-3)23-19(17)26-2/h4-7,12,25H,8-11,13H2,1-3H3. The van der Waals surface area contributed by atoms with Crippen molar-refractivity contribution in [3.05, 3.63) is 47.3 Å². The number of aryl methyl sites for hydroxylation is 1. The zero-order valence-electron chi connectivity index (χ0n) is 16.4. The minimum atomic E-state index is -1.01. The Kier molecular flexibility index (Phi) is 4.95. The number of furan rings is 1. The van der Waals surface area contributed by atoms with Crippen LogP contribution >= 0.6 is 0 Å². The first-order chi connectivity index (χ1) is 13.5. The molecule has 4 rings (SSSR count). The molecule has 0 unspecified atom stereocenters. The molecule has 0 saturated carbocycles. The highest BCUT2D eigenvalue weighted by Crippen LogP contribution is 2.38. The summed E-state index contributed by atoms with van der Waals surface area (Å²) < 4.78 is 16.3. The summed E-state index contributed by atoms with van der Waals surface area (Å²) >= 11 is 0. The number of methoxy groups -OCH3 is 2. The number of piperidine rings is 1. The van der Waals surface area contributed by atoms with E-state index in [1.165, 1.54) is 19.8 Å². The van der Waals surface area contributed by atoms with E-state index in [1.807, 2.05) is 25.1 Å². The van der Waals surface area contributed by atoms with Crippen LogP contribution in [0.4, 0.5) is 0 Å². The molecule has 28 heavy (non-hydrogen) atoms. The maximum absolute atomic E-state index is 11.2. The molecule has 1 aliphatic rings. The van der Waals surface area contributed by atoms with Crippen LogP contribution in [0.15, 0.2) is 34.9 Å². The lowest BCUT2D eigenvalue weighted by Crippen LogP contribution is -2.42. The number of aromatic nitrogens is 2. The second kappa shape index (κ2) is 7.41. The molecule has 7 heteroatoms. The predicted molar refractivity (Wildman–Crippen MR) is 104 cm³/mol. The van der Waals surface area contributed by atoms with E-state index in [0.29, 0.717) is 24.3 Å². The normalized spacial score (nSPS) is 17.0. The van der Waals surface area contributed by atoms with E-state index in [0.717, 1.165) is 36.4 Å². The number of rotatable bonds is 5. The van der Waals surface area contributed by atoms with Crippen molar-refractivity contribution in [2.24, 2.45) is 0 Å². The minimum absolute atomic E-state index is 0.226. The van der Waals surface area contributed by atoms with Gasteiger partial charge in [-0.1, -0.05) is 18.2 Å². The molecule has 0 bridgehead atoms. The van der Waals surface area contributed by atoms with Crippen LogP contribution < -0.4 is 9.47 Å². The van der Waals surface area contributed by atoms with E-state index in [2.05, 4.69) is 20.9 Å². The van der Waals surface area contributed by atoms with Gasteiger partial charge in [0.05, 0.1) is 25.4 Å². The molecule has 1 N–H and O–H groups in total. The average molecular weight is 383 g/mol. The Labute approximate surface area is 163 Å². The van der Waals surface area contributed by atoms with Gasteiger partial charge >= 0.3 is 6.01 Å². The van der Waals surface area contributed by atoms with Crippen LogP contribution in [0, 0.1) is 6.92 Å². The first kappa shape index (κ1) is 18.7. The molecule has 7 nitrogen and oxygen atoms in total. The van der Waals surface area contributed by atoms with Crippen LogP contribution in [0.2, 0.25) is 0 Å². The molecular weight excluding hydrogens is 358 g/mol. The summed E-state index contributed by atoms with van der Waals surface area (Å²) in [5, 5.41) is 12.4. The summed E-state index contributed by atoms with van der Waals surface area (Å²) in [6.07, 6.45) is 2.76. The Morgan fingerprint density at radius 1 is 1.18 bits per heavy atom. The van der Waals surface area contributed by atoms with Crippen molar-refractivity contribution >= 4 is 11.0 Å². The number of ether oxygens (including phenoxy) is 2. The zero-order valence-corrected chi connectivity index (χ0v) is 16.4. The third-order valence-electron chi connectivity index (χ3n) is 5.57. The number of hydrogen-bond acceptors (Lipinski definition) is 7. The lowest BCUT2D eigenvalue weighted by Gasteiger charge is -2.38. The second-order valence-corrected chi connectivity index (χ2v) is 7.22. The minimum Gasteiger partial charge on any atom is -0.481 e. The summed E-state index contributed by atoms with van der Waals surface area (Å²) in [6, 6.07) is 8.34. The van der Waals surface area contributed by atoms with E-state index in [9.17, 15) is 5.11 Å². The average Bonchev–Trinajstić information content (AvgIpc) is 3.04. The number of hydrogen-bond donors (Lipinski definition) is 1. The van der Waals surface area contributed by atoms with Crippen molar-refractivity contribution in [3.8, 4) is 11.9 Å². The van der Waals surface area contributed by atoms with E-state index in [1.54, 1.807) is 6.20 Å². The van der Waals surface area contributed by atoms with E-state index in [-0.39, 0.29) is 6.01 Å². The Hall–Kier alpha value is -2.64. The van der Waals surface area contributed by atoms with Gasteiger partial charge in [0.1, 0.15) is 11.3 Å². The quantitative estimate of drug-likeness (QED) is 0.725. The molecule has 1 aromatic carbocycles. The molecule has 0 amide bonds. The van der Waals surface area contributed by atoms with Gasteiger partial charge in [-0.15, -0.1) is 0 Å². The monoisotopic (exact) mass is 383 g/mol. The Bertz CT molecular complexity index is 977. The third kappa shape index (κ3) is 3.31. The highest BCUT2D eigenvalue weighted by Gasteiger charge is 2.37. The van der Waals surface area contributed by atoms with Crippen LogP contribution in [0.25, 0.3) is 11.0 Å². The Morgan fingerprint density at radius 2 is 1.93 bits per heavy atom. The van der Waals surface area contributed by atoms with E-state index >= 15 is 0 Å². The van der Waals surface area contributed by atoms with Gasteiger partial charge in [-0.3, -0.25) is 4.90 Å². The highest BCUT2D eigenvalue weighted by molar-refractivity contribution is 5.82. The first-order valence-electron chi connectivity index (χ1n) is 9.41. The molecule has 0 radical (unpaired) electrons. The fraction of sp³-hybridized carbons (Fsp3) is 0.429. The molecule has 1 aliphatic heterocycles. The molecule has 148 valence electrons. The van der Waals surface area contributed by atoms with Crippen LogP contribution in [-0.2, 0) is 12.1 Å². The maximum atomic E-state index is 11.2. The van der Waals surface area contributed by atoms with Gasteiger partial charge in [0.15, 0.2) is 0 Å². The SMILES string of the molecule is COc1ncc(C2(O)CCN(Cc3c(C)oc4ccccc34)CC2)c(OC)n1. The zero-order chi connectivity index (χ0) is 19.7. The molecule has 0 spiro atoms. The van der Waals surface area contributed by atoms with Gasteiger partial charge in [-0.05, 0) is 25.8 Å². The Balaban J connectivity index is 1.50. The summed E-state index contributed by atoms with van der Waals surface area (Å²) in [6.45, 7) is 4.32. The fourth-order valence-electron chi connectivity index (χ4n) is 3.92. The van der Waals surface area contributed by atoms with Crippen molar-refractivity contribution < 1.29 is 19.0 Å². The largest absolute Gasteiger partial charge is 0.481 e. The number of benzene rings is 1. The number of likely N-dealkylation sites (tertiary alicyclic amines) is 1. The van der Waals surface area contributed by atoms with Crippen LogP contribution in [0.5, 0.6) is 11.9 Å². The molecule has 3 aromatic rings. The first-order valence-corrected chi connectivity index (χ1v) is 9.41. The highest BCUT2D eigenvalue weighted by atomic mass is 16.5. The van der Waals surface area contributed by atoms with Gasteiger partial charge in [-0.2, -0.15) is 4.98 Å². The molecule has 3 heterocycles. The van der Waals surface area contributed by atoms with E-state index in [4.69, 9.17) is 13.9 Å². The van der Waals surface area contributed by atoms with Gasteiger partial charge < -0.3 is 19.0 Å². The molecular formula is C21H25N3O4. The summed E-state index contributed by atoms with van der Waals surface area (Å²) in [5.74, 6) is 1.31.